The number of amides is 2. The number of nitrogens with zero attached hydrogens (tertiary/aromatic N) is 3. The predicted octanol–water partition coefficient (Wildman–Crippen LogP) is 3.60. The van der Waals surface area contributed by atoms with Gasteiger partial charge in [0.15, 0.2) is 11.5 Å². The molecule has 0 saturated carbocycles. The van der Waals surface area contributed by atoms with Crippen LogP contribution in [0, 0.1) is 11.3 Å². The molecule has 0 fully saturated rings. The van der Waals surface area contributed by atoms with E-state index in [-0.39, 0.29) is 17.4 Å². The van der Waals surface area contributed by atoms with E-state index in [2.05, 4.69) is 21.7 Å². The smallest absolute Gasteiger partial charge is 0.291 e. The number of fused-ring (bicyclic) bond motifs is 1. The molecule has 2 amide bonds. The maximum absolute atomic E-state index is 12.9. The van der Waals surface area contributed by atoms with Crippen LogP contribution in [0.5, 0.6) is 0 Å². The summed E-state index contributed by atoms with van der Waals surface area (Å²) in [5.74, 6) is -0.546. The zero-order valence-electron chi connectivity index (χ0n) is 15.7. The summed E-state index contributed by atoms with van der Waals surface area (Å²) in [6.45, 7) is 0.641. The summed E-state index contributed by atoms with van der Waals surface area (Å²) in [6.07, 6.45) is 2.53. The van der Waals surface area contributed by atoms with Gasteiger partial charge in [-0.15, -0.1) is 0 Å². The van der Waals surface area contributed by atoms with Crippen molar-refractivity contribution in [2.75, 3.05) is 10.6 Å². The summed E-state index contributed by atoms with van der Waals surface area (Å²) in [6, 6.07) is 18.0. The fourth-order valence-corrected chi connectivity index (χ4v) is 3.48. The summed E-state index contributed by atoms with van der Waals surface area (Å²) in [5, 5.41) is 14.8. The first-order chi connectivity index (χ1) is 14.2. The maximum Gasteiger partial charge on any atom is 0.291 e. The Morgan fingerprint density at radius 1 is 0.966 bits per heavy atom. The van der Waals surface area contributed by atoms with E-state index in [1.165, 1.54) is 0 Å². The lowest BCUT2D eigenvalue weighted by Crippen LogP contribution is -2.21. The highest BCUT2D eigenvalue weighted by Gasteiger charge is 2.27. The Morgan fingerprint density at radius 3 is 2.52 bits per heavy atom. The number of carbonyl (C=O) groups is 2. The molecule has 0 saturated heterocycles. The average Bonchev–Trinajstić information content (AvgIpc) is 3.15. The molecule has 3 aromatic rings. The molecule has 7 heteroatoms. The van der Waals surface area contributed by atoms with E-state index in [0.29, 0.717) is 29.9 Å². The average molecular weight is 385 g/mol. The number of hydrogen-bond donors (Lipinski definition) is 2. The van der Waals surface area contributed by atoms with Gasteiger partial charge in [-0.3, -0.25) is 9.59 Å². The zero-order valence-corrected chi connectivity index (χ0v) is 15.7. The third-order valence-electron chi connectivity index (χ3n) is 4.86. The summed E-state index contributed by atoms with van der Waals surface area (Å²) in [7, 11) is 0. The van der Waals surface area contributed by atoms with Gasteiger partial charge in [0, 0.05) is 12.2 Å². The van der Waals surface area contributed by atoms with Crippen molar-refractivity contribution in [2.45, 2.75) is 25.8 Å². The van der Waals surface area contributed by atoms with E-state index in [1.54, 1.807) is 36.4 Å². The summed E-state index contributed by atoms with van der Waals surface area (Å²) >= 11 is 0. The molecule has 144 valence electrons. The summed E-state index contributed by atoms with van der Waals surface area (Å²) < 4.78 is 1.83. The second kappa shape index (κ2) is 7.98. The highest BCUT2D eigenvalue weighted by molar-refractivity contribution is 6.07. The van der Waals surface area contributed by atoms with Crippen LogP contribution in [-0.4, -0.2) is 21.4 Å². The minimum absolute atomic E-state index is 0.224. The Labute approximate surface area is 168 Å². The van der Waals surface area contributed by atoms with Crippen LogP contribution >= 0.6 is 0 Å². The first-order valence-corrected chi connectivity index (χ1v) is 9.43. The molecule has 1 aliphatic rings. The molecule has 0 bridgehead atoms. The number of hydrogen-bond acceptors (Lipinski definition) is 4. The lowest BCUT2D eigenvalue weighted by molar-refractivity contribution is 0.101. The van der Waals surface area contributed by atoms with Crippen molar-refractivity contribution in [3.63, 3.8) is 0 Å². The third kappa shape index (κ3) is 3.73. The van der Waals surface area contributed by atoms with E-state index >= 15 is 0 Å². The van der Waals surface area contributed by atoms with Gasteiger partial charge in [0.1, 0.15) is 6.07 Å². The van der Waals surface area contributed by atoms with Crippen molar-refractivity contribution < 1.29 is 9.59 Å². The molecule has 2 heterocycles. The van der Waals surface area contributed by atoms with Gasteiger partial charge in [0.05, 0.1) is 16.9 Å². The van der Waals surface area contributed by atoms with Crippen molar-refractivity contribution >= 4 is 23.2 Å². The van der Waals surface area contributed by atoms with Crippen molar-refractivity contribution in [2.24, 2.45) is 0 Å². The van der Waals surface area contributed by atoms with E-state index in [9.17, 15) is 14.9 Å². The lowest BCUT2D eigenvalue weighted by Gasteiger charge is -2.17. The number of carbonyl (C=O) groups excluding carboxylic acids is 2. The van der Waals surface area contributed by atoms with Gasteiger partial charge in [-0.25, -0.2) is 4.98 Å². The number of rotatable bonds is 4. The zero-order chi connectivity index (χ0) is 20.2. The second-order valence-electron chi connectivity index (χ2n) is 6.77. The van der Waals surface area contributed by atoms with Crippen molar-refractivity contribution in [1.82, 2.24) is 9.55 Å². The van der Waals surface area contributed by atoms with Crippen LogP contribution in [0.15, 0.2) is 54.6 Å². The molecule has 1 aromatic heterocycles. The quantitative estimate of drug-likeness (QED) is 0.717. The Kier molecular flexibility index (Phi) is 5.08. The Balaban J connectivity index is 1.65. The third-order valence-corrected chi connectivity index (χ3v) is 4.86. The standard InChI is InChI=1S/C22H19N5O2/c23-14-15-8-4-5-11-17(15)25-21(28)19-18-12-6-7-13-27(18)20(26-19)22(29)24-16-9-2-1-3-10-16/h1-5,8-11H,6-7,12-13H2,(H,24,29)(H,25,28). The number of nitrogens with one attached hydrogen (secondary N) is 2. The molecular formula is C22H19N5O2. The number of benzene rings is 2. The Bertz CT molecular complexity index is 1110. The molecule has 0 atom stereocenters. The second-order valence-corrected chi connectivity index (χ2v) is 6.77. The number of anilines is 2. The van der Waals surface area contributed by atoms with E-state index < -0.39 is 5.91 Å². The van der Waals surface area contributed by atoms with Crippen LogP contribution in [-0.2, 0) is 13.0 Å². The molecule has 0 unspecified atom stereocenters. The molecule has 2 aromatic carbocycles. The Morgan fingerprint density at radius 2 is 1.72 bits per heavy atom. The SMILES string of the molecule is N#Cc1ccccc1NC(=O)c1nc(C(=O)Nc2ccccc2)n2c1CCCC2. The molecule has 0 spiro atoms. The molecule has 1 aliphatic heterocycles. The van der Waals surface area contributed by atoms with E-state index in [0.717, 1.165) is 18.5 Å². The monoisotopic (exact) mass is 385 g/mol. The number of aromatic nitrogens is 2. The van der Waals surface area contributed by atoms with Gasteiger partial charge in [-0.05, 0) is 43.5 Å². The first-order valence-electron chi connectivity index (χ1n) is 9.43. The van der Waals surface area contributed by atoms with Gasteiger partial charge in [0.25, 0.3) is 11.8 Å². The maximum atomic E-state index is 12.9. The first kappa shape index (κ1) is 18.4. The molecule has 0 aliphatic carbocycles. The fraction of sp³-hybridized carbons (Fsp3) is 0.182. The predicted molar refractivity (Wildman–Crippen MR) is 109 cm³/mol. The summed E-state index contributed by atoms with van der Waals surface area (Å²) in [5.41, 5.74) is 2.44. The normalized spacial score (nSPS) is 12.5. The highest BCUT2D eigenvalue weighted by atomic mass is 16.2. The van der Waals surface area contributed by atoms with E-state index in [4.69, 9.17) is 0 Å². The van der Waals surface area contributed by atoms with Gasteiger partial charge in [0.2, 0.25) is 0 Å². The van der Waals surface area contributed by atoms with Crippen molar-refractivity contribution in [3.8, 4) is 6.07 Å². The minimum Gasteiger partial charge on any atom is -0.323 e. The molecule has 4 rings (SSSR count). The molecular weight excluding hydrogens is 366 g/mol. The largest absolute Gasteiger partial charge is 0.323 e. The lowest BCUT2D eigenvalue weighted by atomic mass is 10.1. The van der Waals surface area contributed by atoms with Gasteiger partial charge < -0.3 is 15.2 Å². The van der Waals surface area contributed by atoms with Crippen LogP contribution in [0.25, 0.3) is 0 Å². The van der Waals surface area contributed by atoms with Gasteiger partial charge >= 0.3 is 0 Å². The van der Waals surface area contributed by atoms with Gasteiger partial charge in [-0.1, -0.05) is 30.3 Å². The highest BCUT2D eigenvalue weighted by Crippen LogP contribution is 2.23. The van der Waals surface area contributed by atoms with Crippen LogP contribution in [0.3, 0.4) is 0 Å². The fourth-order valence-electron chi connectivity index (χ4n) is 3.48. The van der Waals surface area contributed by atoms with Crippen LogP contribution in [0.4, 0.5) is 11.4 Å². The molecule has 2 N–H and O–H groups in total. The topological polar surface area (TPSA) is 99.8 Å². The van der Waals surface area contributed by atoms with E-state index in [1.807, 2.05) is 22.8 Å². The van der Waals surface area contributed by atoms with Crippen LogP contribution < -0.4 is 10.6 Å². The van der Waals surface area contributed by atoms with Crippen molar-refractivity contribution in [3.05, 3.63) is 77.4 Å². The number of imidazole rings is 1. The van der Waals surface area contributed by atoms with Crippen LogP contribution in [0.1, 0.15) is 45.2 Å². The molecule has 0 radical (unpaired) electrons. The van der Waals surface area contributed by atoms with Gasteiger partial charge in [-0.2, -0.15) is 5.26 Å². The molecule has 7 nitrogen and oxygen atoms in total. The van der Waals surface area contributed by atoms with Crippen LogP contribution in [0.2, 0.25) is 0 Å². The summed E-state index contributed by atoms with van der Waals surface area (Å²) in [4.78, 5) is 30.1. The number of nitriles is 1. The number of para-hydroxylation sites is 2. The Hall–Kier alpha value is -3.92. The minimum atomic E-state index is -0.419. The van der Waals surface area contributed by atoms with Crippen molar-refractivity contribution in [1.29, 1.82) is 5.26 Å². The molecule has 29 heavy (non-hydrogen) atoms.